The van der Waals surface area contributed by atoms with Gasteiger partial charge in [0.15, 0.2) is 6.29 Å². The van der Waals surface area contributed by atoms with Gasteiger partial charge in [0.1, 0.15) is 6.20 Å². The molecule has 0 N–H and O–H groups in total. The van der Waals surface area contributed by atoms with E-state index in [9.17, 15) is 14.9 Å². The number of carbonyl (C=O) groups excluding carboxylic acids is 1. The summed E-state index contributed by atoms with van der Waals surface area (Å²) in [4.78, 5) is 19.5. The molecular formula is C4H2ClN3O3. The van der Waals surface area contributed by atoms with E-state index in [1.807, 2.05) is 0 Å². The fourth-order valence-corrected chi connectivity index (χ4v) is 0.749. The monoisotopic (exact) mass is 175 g/mol. The molecule has 58 valence electrons. The summed E-state index contributed by atoms with van der Waals surface area (Å²) >= 11 is 5.23. The lowest BCUT2D eigenvalue weighted by Gasteiger charge is -1.80. The van der Waals surface area contributed by atoms with Gasteiger partial charge in [0.05, 0.1) is 4.92 Å². The Morgan fingerprint density at radius 2 is 2.45 bits per heavy atom. The van der Waals surface area contributed by atoms with E-state index in [-0.39, 0.29) is 12.0 Å². The third-order valence-electron chi connectivity index (χ3n) is 1.00. The van der Waals surface area contributed by atoms with Crippen molar-refractivity contribution < 1.29 is 9.72 Å². The molecular weight excluding hydrogens is 174 g/mol. The first kappa shape index (κ1) is 7.67. The molecule has 0 aliphatic carbocycles. The van der Waals surface area contributed by atoms with E-state index in [0.29, 0.717) is 4.20 Å². The van der Waals surface area contributed by atoms with Crippen LogP contribution in [-0.2, 0) is 0 Å². The largest absolute Gasteiger partial charge is 0.319 e. The molecule has 0 aliphatic rings. The predicted octanol–water partition coefficient (Wildman–Crippen LogP) is 0.606. The minimum Gasteiger partial charge on any atom is -0.296 e. The average Bonchev–Trinajstić information content (AvgIpc) is 2.30. The molecule has 7 heteroatoms. The minimum atomic E-state index is -0.727. The van der Waals surface area contributed by atoms with Crippen LogP contribution in [0.15, 0.2) is 6.20 Å². The molecule has 0 aromatic carbocycles. The summed E-state index contributed by atoms with van der Waals surface area (Å²) in [5, 5.41) is 13.5. The van der Waals surface area contributed by atoms with Crippen molar-refractivity contribution in [3.8, 4) is 0 Å². The zero-order valence-electron chi connectivity index (χ0n) is 5.10. The third kappa shape index (κ3) is 1.35. The predicted molar refractivity (Wildman–Crippen MR) is 35.5 cm³/mol. The van der Waals surface area contributed by atoms with E-state index in [1.54, 1.807) is 0 Å². The van der Waals surface area contributed by atoms with Gasteiger partial charge in [-0.05, 0) is 0 Å². The van der Waals surface area contributed by atoms with Gasteiger partial charge in [-0.3, -0.25) is 14.9 Å². The van der Waals surface area contributed by atoms with Crippen molar-refractivity contribution >= 4 is 23.8 Å². The van der Waals surface area contributed by atoms with Crippen molar-refractivity contribution in [1.82, 2.24) is 9.30 Å². The second-order valence-electron chi connectivity index (χ2n) is 1.66. The van der Waals surface area contributed by atoms with Crippen LogP contribution in [0.3, 0.4) is 0 Å². The summed E-state index contributed by atoms with van der Waals surface area (Å²) in [5.74, 6) is 0. The number of carbonyl (C=O) groups is 1. The molecule has 0 atom stereocenters. The standard InChI is InChI=1S/C4H2ClN3O3/c5-7-1-4(8(10)11)3(2-9)6-7/h1-2H. The summed E-state index contributed by atoms with van der Waals surface area (Å²) in [6, 6.07) is 0. The van der Waals surface area contributed by atoms with Crippen molar-refractivity contribution in [3.63, 3.8) is 0 Å². The zero-order chi connectivity index (χ0) is 8.43. The zero-order valence-corrected chi connectivity index (χ0v) is 5.85. The number of aldehydes is 1. The summed E-state index contributed by atoms with van der Waals surface area (Å²) in [5.41, 5.74) is -0.667. The van der Waals surface area contributed by atoms with Crippen LogP contribution in [0.2, 0.25) is 0 Å². The lowest BCUT2D eigenvalue weighted by Crippen LogP contribution is -1.90. The van der Waals surface area contributed by atoms with Crippen molar-refractivity contribution in [3.05, 3.63) is 22.0 Å². The van der Waals surface area contributed by atoms with Gasteiger partial charge in [-0.25, -0.2) is 0 Å². The van der Waals surface area contributed by atoms with Crippen LogP contribution in [0.1, 0.15) is 10.5 Å². The Labute approximate surface area is 65.6 Å². The molecule has 1 heterocycles. The quantitative estimate of drug-likeness (QED) is 0.375. The van der Waals surface area contributed by atoms with Gasteiger partial charge < -0.3 is 0 Å². The van der Waals surface area contributed by atoms with Gasteiger partial charge >= 0.3 is 5.69 Å². The first-order chi connectivity index (χ1) is 5.15. The SMILES string of the molecule is O=Cc1nn(Cl)cc1[N+](=O)[O-]. The second-order valence-corrected chi connectivity index (χ2v) is 2.01. The molecule has 0 spiro atoms. The number of hydrogen-bond acceptors (Lipinski definition) is 4. The van der Waals surface area contributed by atoms with Gasteiger partial charge in [-0.15, -0.1) is 5.10 Å². The van der Waals surface area contributed by atoms with E-state index >= 15 is 0 Å². The highest BCUT2D eigenvalue weighted by atomic mass is 35.5. The van der Waals surface area contributed by atoms with Gasteiger partial charge in [0.25, 0.3) is 0 Å². The molecule has 0 unspecified atom stereocenters. The Bertz CT molecular complexity index is 308. The molecule has 1 aromatic heterocycles. The number of aromatic nitrogens is 2. The van der Waals surface area contributed by atoms with Crippen molar-refractivity contribution in [2.45, 2.75) is 0 Å². The van der Waals surface area contributed by atoms with Gasteiger partial charge in [0, 0.05) is 11.8 Å². The van der Waals surface area contributed by atoms with E-state index in [1.165, 1.54) is 0 Å². The lowest BCUT2D eigenvalue weighted by atomic mass is 10.4. The van der Waals surface area contributed by atoms with Crippen LogP contribution in [0.25, 0.3) is 0 Å². The maximum absolute atomic E-state index is 10.1. The Morgan fingerprint density at radius 3 is 2.82 bits per heavy atom. The van der Waals surface area contributed by atoms with Gasteiger partial charge in [-0.2, -0.15) is 4.20 Å². The topological polar surface area (TPSA) is 78.0 Å². The van der Waals surface area contributed by atoms with Crippen LogP contribution < -0.4 is 0 Å². The molecule has 1 rings (SSSR count). The normalized spacial score (nSPS) is 9.55. The highest BCUT2D eigenvalue weighted by Gasteiger charge is 2.17. The summed E-state index contributed by atoms with van der Waals surface area (Å²) in [7, 11) is 0. The average molecular weight is 176 g/mol. The van der Waals surface area contributed by atoms with E-state index in [0.717, 1.165) is 6.20 Å². The van der Waals surface area contributed by atoms with Crippen LogP contribution in [-0.4, -0.2) is 20.5 Å². The molecule has 0 aliphatic heterocycles. The molecule has 0 saturated heterocycles. The first-order valence-corrected chi connectivity index (χ1v) is 2.84. The van der Waals surface area contributed by atoms with Crippen LogP contribution in [0.4, 0.5) is 5.69 Å². The highest BCUT2D eigenvalue weighted by Crippen LogP contribution is 2.14. The van der Waals surface area contributed by atoms with E-state index in [4.69, 9.17) is 11.8 Å². The first-order valence-electron chi connectivity index (χ1n) is 2.50. The molecule has 1 aromatic rings. The fraction of sp³-hybridized carbons (Fsp3) is 0. The number of nitrogens with zero attached hydrogens (tertiary/aromatic N) is 3. The van der Waals surface area contributed by atoms with E-state index < -0.39 is 10.6 Å². The summed E-state index contributed by atoms with van der Waals surface area (Å²) < 4.78 is 0.696. The Balaban J connectivity index is 3.22. The van der Waals surface area contributed by atoms with E-state index in [2.05, 4.69) is 5.10 Å². The second kappa shape index (κ2) is 2.67. The number of rotatable bonds is 2. The molecule has 6 nitrogen and oxygen atoms in total. The van der Waals surface area contributed by atoms with Crippen molar-refractivity contribution in [1.29, 1.82) is 0 Å². The van der Waals surface area contributed by atoms with Crippen molar-refractivity contribution in [2.24, 2.45) is 0 Å². The number of nitro groups is 1. The van der Waals surface area contributed by atoms with Crippen LogP contribution in [0, 0.1) is 10.1 Å². The molecule has 0 radical (unpaired) electrons. The Hall–Kier alpha value is -1.43. The Kier molecular flexibility index (Phi) is 1.86. The number of hydrogen-bond donors (Lipinski definition) is 0. The fourth-order valence-electron chi connectivity index (χ4n) is 0.575. The smallest absolute Gasteiger partial charge is 0.296 e. The highest BCUT2D eigenvalue weighted by molar-refractivity contribution is 6.15. The van der Waals surface area contributed by atoms with Gasteiger partial charge in [0.2, 0.25) is 5.69 Å². The lowest BCUT2D eigenvalue weighted by molar-refractivity contribution is -0.385. The maximum Gasteiger partial charge on any atom is 0.319 e. The molecule has 0 amide bonds. The maximum atomic E-state index is 10.1. The molecule has 0 bridgehead atoms. The van der Waals surface area contributed by atoms with Crippen LogP contribution in [0.5, 0.6) is 0 Å². The molecule has 0 saturated carbocycles. The van der Waals surface area contributed by atoms with Gasteiger partial charge in [-0.1, -0.05) is 0 Å². The minimum absolute atomic E-state index is 0.273. The number of halogens is 1. The molecule has 11 heavy (non-hydrogen) atoms. The Morgan fingerprint density at radius 1 is 1.82 bits per heavy atom. The third-order valence-corrected chi connectivity index (χ3v) is 1.18. The van der Waals surface area contributed by atoms with Crippen LogP contribution >= 0.6 is 11.8 Å². The summed E-state index contributed by atoms with van der Waals surface area (Å²) in [6.07, 6.45) is 1.22. The van der Waals surface area contributed by atoms with Crippen molar-refractivity contribution in [2.75, 3.05) is 0 Å². The molecule has 0 fully saturated rings. The summed E-state index contributed by atoms with van der Waals surface area (Å²) in [6.45, 7) is 0.